The van der Waals surface area contributed by atoms with Crippen molar-refractivity contribution >= 4 is 23.3 Å². The lowest BCUT2D eigenvalue weighted by molar-refractivity contribution is -0.128. The molecule has 0 bridgehead atoms. The number of aromatic nitrogens is 3. The number of nitrogen functional groups attached to an aromatic ring is 1. The number of likely N-dealkylation sites (tertiary alicyclic amines) is 1. The number of hydrogen-bond acceptors (Lipinski definition) is 10. The van der Waals surface area contributed by atoms with E-state index >= 15 is 4.39 Å². The molecule has 2 N–H and O–H groups in total. The molecule has 56 heavy (non-hydrogen) atoms. The second-order valence-electron chi connectivity index (χ2n) is 17.3. The molecule has 0 spiro atoms. The number of carbonyl (C=O) groups excluding carboxylic acids is 2. The fourth-order valence-corrected chi connectivity index (χ4v) is 9.35. The lowest BCUT2D eigenvalue weighted by Gasteiger charge is -2.46. The number of benzene rings is 1. The second kappa shape index (κ2) is 14.6. The van der Waals surface area contributed by atoms with Crippen LogP contribution >= 0.6 is 0 Å². The van der Waals surface area contributed by atoms with Gasteiger partial charge in [0.25, 0.3) is 11.8 Å². The van der Waals surface area contributed by atoms with Crippen molar-refractivity contribution in [1.29, 1.82) is 5.26 Å². The summed E-state index contributed by atoms with van der Waals surface area (Å²) in [5, 5.41) is 10.2. The predicted molar refractivity (Wildman–Crippen MR) is 210 cm³/mol. The van der Waals surface area contributed by atoms with Crippen LogP contribution < -0.4 is 15.4 Å². The molecule has 0 saturated carbocycles. The van der Waals surface area contributed by atoms with E-state index in [0.29, 0.717) is 60.3 Å². The van der Waals surface area contributed by atoms with E-state index in [0.717, 1.165) is 58.7 Å². The Morgan fingerprint density at radius 3 is 2.59 bits per heavy atom. The SMILES string of the molecule is Cc1c(-c2ncnc(N)c2OC[C@@H]2CCCN2C(=O)/C(C#N)=C/C(C)(C)N2CCN(C3COC3)CC2)cc(F)cc1N1CCn2c(cc3c2CC(C)(C)C3)C1=O. The van der Waals surface area contributed by atoms with Gasteiger partial charge in [0, 0.05) is 62.6 Å². The van der Waals surface area contributed by atoms with Crippen molar-refractivity contribution < 1.29 is 23.5 Å². The smallest absolute Gasteiger partial charge is 0.274 e. The van der Waals surface area contributed by atoms with Crippen LogP contribution in [0.3, 0.4) is 0 Å². The zero-order valence-electron chi connectivity index (χ0n) is 33.1. The van der Waals surface area contributed by atoms with Crippen LogP contribution in [-0.4, -0.2) is 118 Å². The van der Waals surface area contributed by atoms with E-state index in [4.69, 9.17) is 15.2 Å². The Morgan fingerprint density at radius 1 is 1.11 bits per heavy atom. The molecule has 3 saturated heterocycles. The second-order valence-corrected chi connectivity index (χ2v) is 17.3. The van der Waals surface area contributed by atoms with Gasteiger partial charge in [-0.3, -0.25) is 19.4 Å². The number of piperazine rings is 1. The largest absolute Gasteiger partial charge is 0.485 e. The molecule has 4 aliphatic heterocycles. The molecule has 0 unspecified atom stereocenters. The Bertz CT molecular complexity index is 2130. The van der Waals surface area contributed by atoms with Gasteiger partial charge in [0.2, 0.25) is 0 Å². The Kier molecular flexibility index (Phi) is 9.91. The highest BCUT2D eigenvalue weighted by molar-refractivity contribution is 6.07. The van der Waals surface area contributed by atoms with Crippen molar-refractivity contribution in [2.24, 2.45) is 5.41 Å². The molecule has 6 heterocycles. The van der Waals surface area contributed by atoms with Gasteiger partial charge in [-0.2, -0.15) is 5.26 Å². The third kappa shape index (κ3) is 6.94. The maximum Gasteiger partial charge on any atom is 0.274 e. The van der Waals surface area contributed by atoms with Crippen molar-refractivity contribution in [1.82, 2.24) is 29.2 Å². The summed E-state index contributed by atoms with van der Waals surface area (Å²) in [6.07, 6.45) is 6.38. The number of ether oxygens (including phenoxy) is 2. The maximum absolute atomic E-state index is 15.6. The summed E-state index contributed by atoms with van der Waals surface area (Å²) in [6.45, 7) is 17.1. The first-order valence-corrected chi connectivity index (χ1v) is 19.8. The number of carbonyl (C=O) groups is 2. The number of hydrogen-bond donors (Lipinski definition) is 1. The quantitative estimate of drug-likeness (QED) is 0.246. The van der Waals surface area contributed by atoms with Gasteiger partial charge in [0.15, 0.2) is 11.6 Å². The predicted octanol–water partition coefficient (Wildman–Crippen LogP) is 4.37. The van der Waals surface area contributed by atoms with Crippen LogP contribution in [-0.2, 0) is 28.9 Å². The normalized spacial score (nSPS) is 21.8. The molecule has 0 radical (unpaired) electrons. The van der Waals surface area contributed by atoms with Crippen molar-refractivity contribution in [3.8, 4) is 23.1 Å². The summed E-state index contributed by atoms with van der Waals surface area (Å²) >= 11 is 0. The van der Waals surface area contributed by atoms with Crippen molar-refractivity contribution in [3.05, 3.63) is 64.5 Å². The highest BCUT2D eigenvalue weighted by Gasteiger charge is 2.39. The van der Waals surface area contributed by atoms with Crippen molar-refractivity contribution in [3.63, 3.8) is 0 Å². The Balaban J connectivity index is 0.991. The third-order valence-corrected chi connectivity index (χ3v) is 12.5. The van der Waals surface area contributed by atoms with E-state index < -0.39 is 11.4 Å². The van der Waals surface area contributed by atoms with Gasteiger partial charge in [0.1, 0.15) is 41.8 Å². The van der Waals surface area contributed by atoms with Crippen LogP contribution in [0, 0.1) is 29.5 Å². The first-order chi connectivity index (χ1) is 26.7. The summed E-state index contributed by atoms with van der Waals surface area (Å²) in [5.41, 5.74) is 11.1. The fraction of sp³-hybridized carbons (Fsp3) is 0.548. The molecule has 8 rings (SSSR count). The summed E-state index contributed by atoms with van der Waals surface area (Å²) in [5.74, 6) is -0.767. The zero-order chi connectivity index (χ0) is 39.5. The maximum atomic E-state index is 15.6. The molecule has 1 atom stereocenters. The standard InChI is InChI=1S/C42H52FN9O4/c1-26-32(16-29(43)17-33(26)52-14-13-51-34(40(52)54)15-27-18-41(2,3)20-35(27)51)36-37(38(45)47-25-46-36)56-24-30-7-6-8-50(30)39(53)28(21-44)19-42(4,5)49-11-9-48(10-12-49)31-22-55-23-31/h15-17,19,25,30-31H,6-14,18,20,22-24H2,1-5H3,(H2,45,46,47)/b28-19+/t30-/m0/s1. The molecule has 2 aromatic heterocycles. The first-order valence-electron chi connectivity index (χ1n) is 19.8. The lowest BCUT2D eigenvalue weighted by Crippen LogP contribution is -2.59. The molecular formula is C42H52FN9O4. The van der Waals surface area contributed by atoms with E-state index in [1.807, 2.05) is 13.0 Å². The zero-order valence-corrected chi connectivity index (χ0v) is 33.1. The van der Waals surface area contributed by atoms with Gasteiger partial charge in [-0.15, -0.1) is 0 Å². The van der Waals surface area contributed by atoms with Gasteiger partial charge >= 0.3 is 0 Å². The third-order valence-electron chi connectivity index (χ3n) is 12.5. The molecule has 3 fully saturated rings. The minimum atomic E-state index is -0.525. The number of fused-ring (bicyclic) bond motifs is 3. The minimum absolute atomic E-state index is 0.0738. The summed E-state index contributed by atoms with van der Waals surface area (Å²) in [7, 11) is 0. The minimum Gasteiger partial charge on any atom is -0.485 e. The van der Waals surface area contributed by atoms with E-state index in [1.165, 1.54) is 29.7 Å². The van der Waals surface area contributed by atoms with Gasteiger partial charge in [0.05, 0.1) is 31.0 Å². The van der Waals surface area contributed by atoms with Crippen molar-refractivity contribution in [2.45, 2.75) is 84.5 Å². The van der Waals surface area contributed by atoms with E-state index in [-0.39, 0.29) is 47.0 Å². The fourth-order valence-electron chi connectivity index (χ4n) is 9.35. The molecule has 13 nitrogen and oxygen atoms in total. The number of anilines is 2. The highest BCUT2D eigenvalue weighted by Crippen LogP contribution is 2.42. The van der Waals surface area contributed by atoms with Gasteiger partial charge < -0.3 is 29.6 Å². The van der Waals surface area contributed by atoms with E-state index in [9.17, 15) is 14.9 Å². The number of nitrogens with zero attached hydrogens (tertiary/aromatic N) is 8. The molecule has 1 aromatic carbocycles. The number of halogens is 1. The highest BCUT2D eigenvalue weighted by atomic mass is 19.1. The molecular weight excluding hydrogens is 714 g/mol. The van der Waals surface area contributed by atoms with Crippen LogP contribution in [0.2, 0.25) is 0 Å². The first kappa shape index (κ1) is 38.1. The monoisotopic (exact) mass is 765 g/mol. The van der Waals surface area contributed by atoms with E-state index in [1.54, 1.807) is 15.9 Å². The number of nitriles is 1. The molecule has 5 aliphatic rings. The average Bonchev–Trinajstić information content (AvgIpc) is 3.83. The molecule has 14 heteroatoms. The van der Waals surface area contributed by atoms with Crippen LogP contribution in [0.25, 0.3) is 11.3 Å². The topological polar surface area (TPSA) is 146 Å². The molecule has 2 amide bonds. The average molecular weight is 766 g/mol. The summed E-state index contributed by atoms with van der Waals surface area (Å²) in [6, 6.07) is 7.12. The number of amides is 2. The van der Waals surface area contributed by atoms with Crippen molar-refractivity contribution in [2.75, 3.05) is 69.7 Å². The Labute approximate surface area is 327 Å². The van der Waals surface area contributed by atoms with E-state index in [2.05, 4.69) is 58.1 Å². The molecule has 3 aromatic rings. The molecule has 296 valence electrons. The van der Waals surface area contributed by atoms with Gasteiger partial charge in [-0.05, 0) is 87.3 Å². The summed E-state index contributed by atoms with van der Waals surface area (Å²) < 4.78 is 29.4. The molecule has 1 aliphatic carbocycles. The Morgan fingerprint density at radius 2 is 1.88 bits per heavy atom. The van der Waals surface area contributed by atoms with Gasteiger partial charge in [-0.1, -0.05) is 13.8 Å². The number of nitrogens with two attached hydrogens (primary N) is 1. The van der Waals surface area contributed by atoms with Crippen LogP contribution in [0.4, 0.5) is 15.9 Å². The van der Waals surface area contributed by atoms with Crippen LogP contribution in [0.1, 0.15) is 67.8 Å². The Hall–Kier alpha value is -4.84. The van der Waals surface area contributed by atoms with Crippen LogP contribution in [0.5, 0.6) is 5.75 Å². The van der Waals surface area contributed by atoms with Crippen LogP contribution in [0.15, 0.2) is 36.2 Å². The van der Waals surface area contributed by atoms with Gasteiger partial charge in [-0.25, -0.2) is 14.4 Å². The number of rotatable bonds is 9. The summed E-state index contributed by atoms with van der Waals surface area (Å²) in [4.78, 5) is 44.8. The lowest BCUT2D eigenvalue weighted by atomic mass is 9.90.